The Kier molecular flexibility index (Phi) is 11.4. The van der Waals surface area contributed by atoms with Gasteiger partial charge in [0, 0.05) is 19.4 Å². The van der Waals surface area contributed by atoms with Crippen molar-refractivity contribution in [1.82, 2.24) is 10.6 Å². The van der Waals surface area contributed by atoms with E-state index in [-0.39, 0.29) is 24.4 Å². The molecular weight excluding hydrogens is 264 g/mol. The molecule has 0 saturated carbocycles. The highest BCUT2D eigenvalue weighted by molar-refractivity contribution is 5.78. The molecule has 0 saturated heterocycles. The minimum absolute atomic E-state index is 0.133. The molecule has 7 nitrogen and oxygen atoms in total. The van der Waals surface area contributed by atoms with E-state index in [4.69, 9.17) is 4.74 Å². The van der Waals surface area contributed by atoms with Crippen molar-refractivity contribution < 1.29 is 23.9 Å². The van der Waals surface area contributed by atoms with E-state index in [2.05, 4.69) is 15.4 Å². The highest BCUT2D eigenvalue weighted by Gasteiger charge is 2.03. The molecule has 0 aliphatic rings. The van der Waals surface area contributed by atoms with Crippen LogP contribution in [0, 0.1) is 0 Å². The molecule has 20 heavy (non-hydrogen) atoms. The molecule has 0 aromatic heterocycles. The fourth-order valence-electron chi connectivity index (χ4n) is 1.42. The van der Waals surface area contributed by atoms with Gasteiger partial charge in [0.05, 0.1) is 20.3 Å². The molecule has 0 aliphatic carbocycles. The SMILES string of the molecule is CCOC(=O)CCCNCC(=O)NCCCC(=O)OC. The Morgan fingerprint density at radius 2 is 1.65 bits per heavy atom. The molecule has 7 heteroatoms. The Morgan fingerprint density at radius 3 is 2.30 bits per heavy atom. The zero-order valence-corrected chi connectivity index (χ0v) is 12.2. The summed E-state index contributed by atoms with van der Waals surface area (Å²) >= 11 is 0. The number of amides is 1. The second-order valence-corrected chi connectivity index (χ2v) is 4.11. The zero-order valence-electron chi connectivity index (χ0n) is 12.2. The van der Waals surface area contributed by atoms with E-state index in [0.29, 0.717) is 45.4 Å². The second-order valence-electron chi connectivity index (χ2n) is 4.11. The molecule has 0 fully saturated rings. The van der Waals surface area contributed by atoms with E-state index in [1.165, 1.54) is 7.11 Å². The predicted octanol–water partition coefficient (Wildman–Crippen LogP) is -0.0113. The topological polar surface area (TPSA) is 93.7 Å². The molecule has 0 unspecified atom stereocenters. The van der Waals surface area contributed by atoms with E-state index in [9.17, 15) is 14.4 Å². The third kappa shape index (κ3) is 11.5. The third-order valence-electron chi connectivity index (χ3n) is 2.43. The number of esters is 2. The van der Waals surface area contributed by atoms with Gasteiger partial charge >= 0.3 is 11.9 Å². The minimum atomic E-state index is -0.281. The van der Waals surface area contributed by atoms with Crippen LogP contribution in [0.3, 0.4) is 0 Å². The molecule has 116 valence electrons. The number of carbonyl (C=O) groups excluding carboxylic acids is 3. The fraction of sp³-hybridized carbons (Fsp3) is 0.769. The van der Waals surface area contributed by atoms with Crippen LogP contribution >= 0.6 is 0 Å². The summed E-state index contributed by atoms with van der Waals surface area (Å²) in [5.74, 6) is -0.635. The van der Waals surface area contributed by atoms with Crippen molar-refractivity contribution in [2.75, 3.05) is 33.4 Å². The molecular formula is C13H24N2O5. The van der Waals surface area contributed by atoms with E-state index in [1.807, 2.05) is 0 Å². The Labute approximate surface area is 119 Å². The van der Waals surface area contributed by atoms with Crippen molar-refractivity contribution in [2.45, 2.75) is 32.6 Å². The molecule has 0 atom stereocenters. The Bertz CT molecular complexity index is 307. The van der Waals surface area contributed by atoms with Crippen LogP contribution in [0.25, 0.3) is 0 Å². The Morgan fingerprint density at radius 1 is 1.00 bits per heavy atom. The highest BCUT2D eigenvalue weighted by atomic mass is 16.5. The molecule has 0 bridgehead atoms. The number of methoxy groups -OCH3 is 1. The monoisotopic (exact) mass is 288 g/mol. The van der Waals surface area contributed by atoms with Gasteiger partial charge < -0.3 is 20.1 Å². The van der Waals surface area contributed by atoms with Crippen molar-refractivity contribution in [3.63, 3.8) is 0 Å². The molecule has 0 spiro atoms. The fourth-order valence-corrected chi connectivity index (χ4v) is 1.42. The summed E-state index contributed by atoms with van der Waals surface area (Å²) in [5, 5.41) is 5.61. The van der Waals surface area contributed by atoms with Crippen LogP contribution in [0.2, 0.25) is 0 Å². The van der Waals surface area contributed by atoms with E-state index in [1.54, 1.807) is 6.92 Å². The molecule has 2 N–H and O–H groups in total. The molecule has 0 rings (SSSR count). The molecule has 0 aromatic rings. The zero-order chi connectivity index (χ0) is 15.2. The maximum Gasteiger partial charge on any atom is 0.305 e. The van der Waals surface area contributed by atoms with Gasteiger partial charge in [-0.3, -0.25) is 14.4 Å². The Balaban J connectivity index is 3.37. The average Bonchev–Trinajstić information content (AvgIpc) is 2.43. The minimum Gasteiger partial charge on any atom is -0.469 e. The summed E-state index contributed by atoms with van der Waals surface area (Å²) in [4.78, 5) is 33.2. The van der Waals surface area contributed by atoms with Crippen LogP contribution < -0.4 is 10.6 Å². The van der Waals surface area contributed by atoms with E-state index in [0.717, 1.165) is 0 Å². The van der Waals surface area contributed by atoms with E-state index >= 15 is 0 Å². The first kappa shape index (κ1) is 18.4. The first-order chi connectivity index (χ1) is 9.60. The van der Waals surface area contributed by atoms with Crippen LogP contribution in [0.1, 0.15) is 32.6 Å². The van der Waals surface area contributed by atoms with Crippen molar-refractivity contribution in [3.8, 4) is 0 Å². The van der Waals surface area contributed by atoms with Crippen LogP contribution in [0.4, 0.5) is 0 Å². The van der Waals surface area contributed by atoms with Crippen LogP contribution in [-0.4, -0.2) is 51.2 Å². The van der Waals surface area contributed by atoms with Crippen molar-refractivity contribution in [1.29, 1.82) is 0 Å². The maximum atomic E-state index is 11.4. The lowest BCUT2D eigenvalue weighted by Gasteiger charge is -2.06. The molecule has 0 heterocycles. The second kappa shape index (κ2) is 12.4. The Hall–Kier alpha value is -1.63. The smallest absolute Gasteiger partial charge is 0.305 e. The number of carbonyl (C=O) groups is 3. The van der Waals surface area contributed by atoms with Crippen molar-refractivity contribution in [3.05, 3.63) is 0 Å². The van der Waals surface area contributed by atoms with Gasteiger partial charge in [0.2, 0.25) is 5.91 Å². The van der Waals surface area contributed by atoms with Gasteiger partial charge in [0.25, 0.3) is 0 Å². The van der Waals surface area contributed by atoms with Crippen LogP contribution in [0.15, 0.2) is 0 Å². The number of hydrogen-bond donors (Lipinski definition) is 2. The van der Waals surface area contributed by atoms with Gasteiger partial charge in [-0.1, -0.05) is 0 Å². The van der Waals surface area contributed by atoms with Gasteiger partial charge in [0.1, 0.15) is 0 Å². The van der Waals surface area contributed by atoms with Crippen molar-refractivity contribution >= 4 is 17.8 Å². The lowest BCUT2D eigenvalue weighted by molar-refractivity contribution is -0.143. The van der Waals surface area contributed by atoms with Crippen molar-refractivity contribution in [2.24, 2.45) is 0 Å². The first-order valence-electron chi connectivity index (χ1n) is 6.80. The normalized spacial score (nSPS) is 9.90. The average molecular weight is 288 g/mol. The van der Waals surface area contributed by atoms with Crippen LogP contribution in [-0.2, 0) is 23.9 Å². The van der Waals surface area contributed by atoms with E-state index < -0.39 is 0 Å². The maximum absolute atomic E-state index is 11.4. The number of hydrogen-bond acceptors (Lipinski definition) is 6. The van der Waals surface area contributed by atoms with Crippen LogP contribution in [0.5, 0.6) is 0 Å². The number of nitrogens with one attached hydrogen (secondary N) is 2. The first-order valence-corrected chi connectivity index (χ1v) is 6.80. The summed E-state index contributed by atoms with van der Waals surface area (Å²) < 4.78 is 9.26. The summed E-state index contributed by atoms with van der Waals surface area (Å²) in [5.41, 5.74) is 0. The quantitative estimate of drug-likeness (QED) is 0.410. The summed E-state index contributed by atoms with van der Waals surface area (Å²) in [7, 11) is 1.33. The molecule has 0 aliphatic heterocycles. The summed E-state index contributed by atoms with van der Waals surface area (Å²) in [6.07, 6.45) is 1.83. The van der Waals surface area contributed by atoms with Gasteiger partial charge in [-0.25, -0.2) is 0 Å². The third-order valence-corrected chi connectivity index (χ3v) is 2.43. The van der Waals surface area contributed by atoms with Gasteiger partial charge in [-0.15, -0.1) is 0 Å². The predicted molar refractivity (Wildman–Crippen MR) is 73.0 cm³/mol. The lowest BCUT2D eigenvalue weighted by Crippen LogP contribution is -2.35. The lowest BCUT2D eigenvalue weighted by atomic mass is 10.3. The summed E-state index contributed by atoms with van der Waals surface area (Å²) in [6.45, 7) is 3.37. The molecule has 0 radical (unpaired) electrons. The van der Waals surface area contributed by atoms with Gasteiger partial charge in [0.15, 0.2) is 0 Å². The summed E-state index contributed by atoms with van der Waals surface area (Å²) in [6, 6.07) is 0. The largest absolute Gasteiger partial charge is 0.469 e. The van der Waals surface area contributed by atoms with Gasteiger partial charge in [-0.2, -0.15) is 0 Å². The molecule has 1 amide bonds. The number of rotatable bonds is 11. The van der Waals surface area contributed by atoms with Gasteiger partial charge in [-0.05, 0) is 26.3 Å². The number of ether oxygens (including phenoxy) is 2. The molecule has 0 aromatic carbocycles. The standard InChI is InChI=1S/C13H24N2O5/c1-3-20-13(18)7-4-8-14-10-11(16)15-9-5-6-12(17)19-2/h14H,3-10H2,1-2H3,(H,15,16). The highest BCUT2D eigenvalue weighted by Crippen LogP contribution is 1.91.